The smallest absolute Gasteiger partial charge is 0.419 e. The number of halogens is 2. The van der Waals surface area contributed by atoms with E-state index in [4.69, 9.17) is 15.2 Å². The average molecular weight is 480 g/mol. The fourth-order valence-corrected chi connectivity index (χ4v) is 4.02. The van der Waals surface area contributed by atoms with E-state index in [9.17, 15) is 18.4 Å². The molecule has 7 nitrogen and oxygen atoms in total. The van der Waals surface area contributed by atoms with Crippen LogP contribution in [0.15, 0.2) is 24.3 Å². The highest BCUT2D eigenvalue weighted by Crippen LogP contribution is 2.43. The summed E-state index contributed by atoms with van der Waals surface area (Å²) in [5.74, 6) is -3.04. The van der Waals surface area contributed by atoms with Crippen LogP contribution in [0.2, 0.25) is 0 Å². The zero-order valence-corrected chi connectivity index (χ0v) is 20.8. The molecule has 9 heteroatoms. The van der Waals surface area contributed by atoms with Gasteiger partial charge in [-0.2, -0.15) is 0 Å². The maximum atomic E-state index is 13.5. The predicted molar refractivity (Wildman–Crippen MR) is 126 cm³/mol. The molecule has 1 saturated carbocycles. The fourth-order valence-electron chi connectivity index (χ4n) is 4.02. The maximum absolute atomic E-state index is 13.5. The minimum atomic E-state index is -2.70. The molecule has 0 unspecified atom stereocenters. The zero-order valence-electron chi connectivity index (χ0n) is 20.8. The van der Waals surface area contributed by atoms with Gasteiger partial charge in [-0.15, -0.1) is 0 Å². The first-order valence-electron chi connectivity index (χ1n) is 11.5. The van der Waals surface area contributed by atoms with Crippen LogP contribution in [0, 0.1) is 5.92 Å². The number of carbonyl (C=O) groups is 2. The molecule has 1 fully saturated rings. The third-order valence-corrected chi connectivity index (χ3v) is 5.41. The van der Waals surface area contributed by atoms with Crippen LogP contribution < -0.4 is 5.73 Å². The van der Waals surface area contributed by atoms with Gasteiger partial charge in [-0.3, -0.25) is 0 Å². The van der Waals surface area contributed by atoms with E-state index >= 15 is 0 Å². The largest absolute Gasteiger partial charge is 0.444 e. The highest BCUT2D eigenvalue weighted by atomic mass is 19.3. The summed E-state index contributed by atoms with van der Waals surface area (Å²) in [4.78, 5) is 27.6. The van der Waals surface area contributed by atoms with Gasteiger partial charge in [0.15, 0.2) is 0 Å². The van der Waals surface area contributed by atoms with E-state index in [1.807, 2.05) is 18.2 Å². The second kappa shape index (κ2) is 9.17. The summed E-state index contributed by atoms with van der Waals surface area (Å²) in [6.07, 6.45) is -1.76. The Balaban J connectivity index is 1.99. The lowest BCUT2D eigenvalue weighted by molar-refractivity contribution is -0.116. The van der Waals surface area contributed by atoms with E-state index in [1.54, 1.807) is 47.6 Å². The number of hydrogen-bond donors (Lipinski definition) is 1. The monoisotopic (exact) mass is 479 g/mol. The van der Waals surface area contributed by atoms with Crippen molar-refractivity contribution in [3.63, 3.8) is 0 Å². The van der Waals surface area contributed by atoms with Gasteiger partial charge in [0.25, 0.3) is 0 Å². The van der Waals surface area contributed by atoms with Gasteiger partial charge in [-0.25, -0.2) is 22.9 Å². The van der Waals surface area contributed by atoms with Crippen LogP contribution in [0.1, 0.15) is 65.6 Å². The standard InChI is InChI=1S/C25H35F2N3O4/c1-23(2,3)33-21(31)29(14-17-11-25(26,27)12-17)15-19-10-18-8-7-16(13-28)9-20(18)30(19)22(32)34-24(4,5)6/h7-10,17H,11-15,28H2,1-6H3. The van der Waals surface area contributed by atoms with Gasteiger partial charge in [-0.1, -0.05) is 12.1 Å². The van der Waals surface area contributed by atoms with Crippen molar-refractivity contribution in [3.05, 3.63) is 35.5 Å². The highest BCUT2D eigenvalue weighted by molar-refractivity contribution is 5.91. The number of alkyl halides is 2. The number of nitrogens with two attached hydrogens (primary N) is 1. The second-order valence-electron chi connectivity index (χ2n) is 11.0. The van der Waals surface area contributed by atoms with Crippen LogP contribution in [0.5, 0.6) is 0 Å². The lowest BCUT2D eigenvalue weighted by Crippen LogP contribution is -2.46. The van der Waals surface area contributed by atoms with Crippen molar-refractivity contribution in [1.29, 1.82) is 0 Å². The topological polar surface area (TPSA) is 86.8 Å². The van der Waals surface area contributed by atoms with Crippen LogP contribution in [0.4, 0.5) is 18.4 Å². The van der Waals surface area contributed by atoms with Crippen molar-refractivity contribution in [2.24, 2.45) is 11.7 Å². The van der Waals surface area contributed by atoms with Crippen molar-refractivity contribution >= 4 is 23.1 Å². The Hall–Kier alpha value is -2.68. The molecule has 0 bridgehead atoms. The quantitative estimate of drug-likeness (QED) is 0.597. The molecular formula is C25H35F2N3O4. The van der Waals surface area contributed by atoms with Gasteiger partial charge in [0.2, 0.25) is 5.92 Å². The first-order chi connectivity index (χ1) is 15.6. The minimum absolute atomic E-state index is 0.00284. The third-order valence-electron chi connectivity index (χ3n) is 5.41. The van der Waals surface area contributed by atoms with Crippen LogP contribution in [0.25, 0.3) is 10.9 Å². The molecule has 1 heterocycles. The Kier molecular flexibility index (Phi) is 6.99. The molecule has 0 aliphatic heterocycles. The molecule has 1 aromatic heterocycles. The van der Waals surface area contributed by atoms with Crippen molar-refractivity contribution in [2.75, 3.05) is 6.54 Å². The first-order valence-corrected chi connectivity index (χ1v) is 11.5. The maximum Gasteiger partial charge on any atom is 0.419 e. The molecule has 34 heavy (non-hydrogen) atoms. The van der Waals surface area contributed by atoms with E-state index < -0.39 is 29.3 Å². The van der Waals surface area contributed by atoms with Crippen molar-refractivity contribution < 1.29 is 27.8 Å². The summed E-state index contributed by atoms with van der Waals surface area (Å²) >= 11 is 0. The molecule has 0 saturated heterocycles. The Morgan fingerprint density at radius 3 is 2.24 bits per heavy atom. The molecule has 1 aromatic carbocycles. The molecule has 1 aliphatic rings. The lowest BCUT2D eigenvalue weighted by atomic mass is 9.81. The Morgan fingerprint density at radius 2 is 1.71 bits per heavy atom. The number of hydrogen-bond acceptors (Lipinski definition) is 5. The molecule has 1 aliphatic carbocycles. The van der Waals surface area contributed by atoms with Gasteiger partial charge < -0.3 is 20.1 Å². The van der Waals surface area contributed by atoms with E-state index in [0.29, 0.717) is 17.8 Å². The number of rotatable bonds is 5. The first kappa shape index (κ1) is 25.9. The van der Waals surface area contributed by atoms with Gasteiger partial charge >= 0.3 is 12.2 Å². The zero-order chi connectivity index (χ0) is 25.5. The third kappa shape index (κ3) is 6.46. The molecule has 188 valence electrons. The van der Waals surface area contributed by atoms with Crippen LogP contribution in [-0.2, 0) is 22.6 Å². The van der Waals surface area contributed by atoms with E-state index in [-0.39, 0.29) is 31.8 Å². The SMILES string of the molecule is CC(C)(C)OC(=O)N(Cc1cc2ccc(CN)cc2n1C(=O)OC(C)(C)C)CC1CC(F)(F)C1. The highest BCUT2D eigenvalue weighted by Gasteiger charge is 2.46. The number of carbonyl (C=O) groups excluding carboxylic acids is 2. The molecule has 2 aromatic rings. The van der Waals surface area contributed by atoms with Crippen molar-refractivity contribution in [1.82, 2.24) is 9.47 Å². The van der Waals surface area contributed by atoms with Gasteiger partial charge in [0, 0.05) is 37.0 Å². The molecule has 2 N–H and O–H groups in total. The summed E-state index contributed by atoms with van der Waals surface area (Å²) < 4.78 is 39.5. The normalized spacial score (nSPS) is 16.3. The predicted octanol–water partition coefficient (Wildman–Crippen LogP) is 5.67. The number of benzene rings is 1. The van der Waals surface area contributed by atoms with Crippen LogP contribution in [0.3, 0.4) is 0 Å². The summed E-state index contributed by atoms with van der Waals surface area (Å²) in [5, 5.41) is 0.775. The van der Waals surface area contributed by atoms with E-state index in [2.05, 4.69) is 0 Å². The Morgan fingerprint density at radius 1 is 1.09 bits per heavy atom. The molecule has 1 amide bonds. The van der Waals surface area contributed by atoms with Crippen molar-refractivity contribution in [2.45, 2.75) is 84.6 Å². The Bertz CT molecular complexity index is 1060. The second-order valence-corrected chi connectivity index (χ2v) is 11.0. The fraction of sp³-hybridized carbons (Fsp3) is 0.600. The van der Waals surface area contributed by atoms with Crippen molar-refractivity contribution in [3.8, 4) is 0 Å². The van der Waals surface area contributed by atoms with Gasteiger partial charge in [-0.05, 0) is 65.2 Å². The van der Waals surface area contributed by atoms with E-state index in [0.717, 1.165) is 10.9 Å². The van der Waals surface area contributed by atoms with Crippen LogP contribution >= 0.6 is 0 Å². The van der Waals surface area contributed by atoms with E-state index in [1.165, 1.54) is 9.47 Å². The summed E-state index contributed by atoms with van der Waals surface area (Å²) in [6.45, 7) is 10.9. The number of nitrogens with zero attached hydrogens (tertiary/aromatic N) is 2. The summed E-state index contributed by atoms with van der Waals surface area (Å²) in [5.41, 5.74) is 6.24. The van der Waals surface area contributed by atoms with Gasteiger partial charge in [0.05, 0.1) is 12.1 Å². The molecule has 0 radical (unpaired) electrons. The molecular weight excluding hydrogens is 444 g/mol. The number of fused-ring (bicyclic) bond motifs is 1. The molecule has 3 rings (SSSR count). The molecule has 0 atom stereocenters. The lowest BCUT2D eigenvalue weighted by Gasteiger charge is -2.38. The number of aromatic nitrogens is 1. The molecule has 0 spiro atoms. The summed E-state index contributed by atoms with van der Waals surface area (Å²) in [7, 11) is 0. The Labute approximate surface area is 199 Å². The number of ether oxygens (including phenoxy) is 2. The summed E-state index contributed by atoms with van der Waals surface area (Å²) in [6, 6.07) is 7.33. The number of amides is 1. The van der Waals surface area contributed by atoms with Gasteiger partial charge in [0.1, 0.15) is 11.2 Å². The van der Waals surface area contributed by atoms with Crippen LogP contribution in [-0.4, -0.2) is 45.3 Å². The average Bonchev–Trinajstić information content (AvgIpc) is 3.00. The minimum Gasteiger partial charge on any atom is -0.444 e.